The average molecular weight is 542 g/mol. The maximum atomic E-state index is 13.0. The van der Waals surface area contributed by atoms with Gasteiger partial charge in [-0.3, -0.25) is 4.79 Å². The fraction of sp³-hybridized carbons (Fsp3) is 0.533. The molecule has 0 saturated carbocycles. The van der Waals surface area contributed by atoms with Crippen molar-refractivity contribution in [2.24, 2.45) is 0 Å². The van der Waals surface area contributed by atoms with E-state index in [4.69, 9.17) is 18.9 Å². The van der Waals surface area contributed by atoms with Crippen molar-refractivity contribution in [2.75, 3.05) is 20.0 Å². The quantitative estimate of drug-likeness (QED) is 0.412. The Morgan fingerprint density at radius 3 is 2.58 bits per heavy atom. The van der Waals surface area contributed by atoms with E-state index in [-0.39, 0.29) is 29.5 Å². The molecule has 7 nitrogen and oxygen atoms in total. The van der Waals surface area contributed by atoms with Gasteiger partial charge in [0.25, 0.3) is 5.24 Å². The van der Waals surface area contributed by atoms with E-state index in [1.807, 2.05) is 36.1 Å². The second kappa shape index (κ2) is 13.5. The molecule has 2 bridgehead atoms. The third kappa shape index (κ3) is 7.30. The molecule has 0 N–H and O–H groups in total. The van der Waals surface area contributed by atoms with Gasteiger partial charge in [-0.2, -0.15) is 0 Å². The zero-order valence-electron chi connectivity index (χ0n) is 22.6. The van der Waals surface area contributed by atoms with Gasteiger partial charge >= 0.3 is 5.97 Å². The van der Waals surface area contributed by atoms with Crippen LogP contribution in [0.4, 0.5) is 4.79 Å². The van der Waals surface area contributed by atoms with E-state index in [1.165, 1.54) is 11.8 Å². The van der Waals surface area contributed by atoms with Gasteiger partial charge < -0.3 is 23.8 Å². The Labute approximate surface area is 230 Å². The summed E-state index contributed by atoms with van der Waals surface area (Å²) in [5.74, 6) is -0.0850. The Morgan fingerprint density at radius 2 is 1.84 bits per heavy atom. The van der Waals surface area contributed by atoms with Gasteiger partial charge in [0.15, 0.2) is 5.79 Å². The number of carbonyl (C=O) groups excluding carboxylic acids is 2. The molecule has 3 aliphatic heterocycles. The maximum Gasteiger partial charge on any atom is 0.330 e. The molecule has 206 valence electrons. The van der Waals surface area contributed by atoms with Crippen LogP contribution in [-0.4, -0.2) is 60.1 Å². The highest BCUT2D eigenvalue weighted by atomic mass is 32.2. The van der Waals surface area contributed by atoms with Crippen molar-refractivity contribution in [3.63, 3.8) is 0 Å². The lowest BCUT2D eigenvalue weighted by Crippen LogP contribution is -2.60. The minimum atomic E-state index is -1.07. The molecule has 4 atom stereocenters. The van der Waals surface area contributed by atoms with Crippen LogP contribution in [0.5, 0.6) is 5.75 Å². The smallest absolute Gasteiger partial charge is 0.330 e. The molecule has 1 amide bonds. The van der Waals surface area contributed by atoms with Crippen molar-refractivity contribution in [3.8, 4) is 5.75 Å². The first-order chi connectivity index (χ1) is 18.4. The predicted octanol–water partition coefficient (Wildman–Crippen LogP) is 6.19. The number of hydrogen-bond acceptors (Lipinski definition) is 7. The number of esters is 1. The van der Waals surface area contributed by atoms with Crippen LogP contribution in [0.15, 0.2) is 60.2 Å². The first-order valence-electron chi connectivity index (χ1n) is 13.4. The van der Waals surface area contributed by atoms with Crippen LogP contribution in [-0.2, 0) is 25.5 Å². The van der Waals surface area contributed by atoms with Crippen molar-refractivity contribution < 1.29 is 28.5 Å². The summed E-state index contributed by atoms with van der Waals surface area (Å²) >= 11 is 1.28. The highest BCUT2D eigenvalue weighted by Crippen LogP contribution is 2.43. The molecule has 4 rings (SSSR count). The lowest BCUT2D eigenvalue weighted by molar-refractivity contribution is -0.305. The number of thioether (sulfide) groups is 1. The molecule has 2 saturated heterocycles. The highest BCUT2D eigenvalue weighted by Gasteiger charge is 2.54. The molecule has 2 fully saturated rings. The molecule has 1 aromatic rings. The van der Waals surface area contributed by atoms with E-state index in [0.717, 1.165) is 49.0 Å². The Kier molecular flexibility index (Phi) is 10.1. The molecule has 3 aliphatic rings. The molecule has 0 radical (unpaired) electrons. The van der Waals surface area contributed by atoms with Crippen LogP contribution in [0.3, 0.4) is 0 Å². The van der Waals surface area contributed by atoms with Crippen molar-refractivity contribution in [1.82, 2.24) is 4.90 Å². The molecule has 0 spiro atoms. The fourth-order valence-corrected chi connectivity index (χ4v) is 6.43. The van der Waals surface area contributed by atoms with Crippen LogP contribution < -0.4 is 4.74 Å². The number of hydrogen-bond donors (Lipinski definition) is 0. The van der Waals surface area contributed by atoms with Crippen molar-refractivity contribution in [2.45, 2.75) is 82.5 Å². The van der Waals surface area contributed by atoms with Crippen LogP contribution in [0.25, 0.3) is 0 Å². The fourth-order valence-electron chi connectivity index (χ4n) is 5.33. The zero-order chi connectivity index (χ0) is 27.0. The Bertz CT molecular complexity index is 1050. The van der Waals surface area contributed by atoms with Gasteiger partial charge in [0.2, 0.25) is 0 Å². The second-order valence-corrected chi connectivity index (χ2v) is 11.1. The summed E-state index contributed by atoms with van der Waals surface area (Å²) < 4.78 is 24.1. The third-order valence-electron chi connectivity index (χ3n) is 7.38. The number of carbonyl (C=O) groups is 2. The van der Waals surface area contributed by atoms with E-state index >= 15 is 0 Å². The maximum absolute atomic E-state index is 13.0. The number of rotatable bonds is 5. The normalized spacial score (nSPS) is 29.2. The highest BCUT2D eigenvalue weighted by molar-refractivity contribution is 8.13. The number of methoxy groups -OCH3 is 2. The average Bonchev–Trinajstić information content (AvgIpc) is 3.27. The largest absolute Gasteiger partial charge is 0.497 e. The van der Waals surface area contributed by atoms with Gasteiger partial charge in [-0.15, -0.1) is 0 Å². The topological polar surface area (TPSA) is 74.3 Å². The zero-order valence-corrected chi connectivity index (χ0v) is 23.4. The van der Waals surface area contributed by atoms with Crippen molar-refractivity contribution in [1.29, 1.82) is 0 Å². The van der Waals surface area contributed by atoms with E-state index in [9.17, 15) is 9.59 Å². The predicted molar refractivity (Wildman–Crippen MR) is 149 cm³/mol. The molecule has 1 aromatic carbocycles. The van der Waals surface area contributed by atoms with E-state index < -0.39 is 5.79 Å². The lowest BCUT2D eigenvalue weighted by atomic mass is 9.90. The first-order valence-corrected chi connectivity index (χ1v) is 14.4. The van der Waals surface area contributed by atoms with Crippen LogP contribution in [0.2, 0.25) is 0 Å². The number of nitrogens with zero attached hydrogens (tertiary/aromatic N) is 1. The Balaban J connectivity index is 1.57. The second-order valence-electron chi connectivity index (χ2n) is 10.1. The first kappa shape index (κ1) is 28.5. The number of ether oxygens (including phenoxy) is 4. The molecule has 3 heterocycles. The minimum absolute atomic E-state index is 0.00674. The summed E-state index contributed by atoms with van der Waals surface area (Å²) in [6, 6.07) is 7.40. The molecular formula is C30H39NO6S. The van der Waals surface area contributed by atoms with E-state index in [0.29, 0.717) is 25.1 Å². The summed E-state index contributed by atoms with van der Waals surface area (Å²) in [4.78, 5) is 27.7. The van der Waals surface area contributed by atoms with Crippen LogP contribution in [0, 0.1) is 0 Å². The molecule has 1 unspecified atom stereocenters. The van der Waals surface area contributed by atoms with Gasteiger partial charge in [-0.05, 0) is 56.7 Å². The number of benzene rings is 1. The summed E-state index contributed by atoms with van der Waals surface area (Å²) in [6.45, 7) is 2.39. The number of amides is 1. The molecule has 8 heteroatoms. The summed E-state index contributed by atoms with van der Waals surface area (Å²) in [7, 11) is 3.26. The van der Waals surface area contributed by atoms with Crippen molar-refractivity contribution >= 4 is 23.0 Å². The monoisotopic (exact) mass is 541 g/mol. The van der Waals surface area contributed by atoms with Crippen LogP contribution in [0.1, 0.15) is 57.4 Å². The Morgan fingerprint density at radius 1 is 1.08 bits per heavy atom. The molecule has 0 aromatic heterocycles. The third-order valence-corrected chi connectivity index (χ3v) is 8.34. The van der Waals surface area contributed by atoms with Crippen LogP contribution >= 0.6 is 11.8 Å². The standard InChI is InChI=1S/C30H39NO6S/c1-22-11-9-7-5-4-6-8-10-12-25-18-26(36-28(32)17-22)19-30(35-3,37-25)27-21-38-29(33)31(27)20-23-13-15-24(34-2)16-14-23/h4-7,13-17,25-27H,8-12,18-21H2,1-3H3/t25-,26?,27-,30-/m1/s1. The van der Waals surface area contributed by atoms with Crippen molar-refractivity contribution in [3.05, 3.63) is 65.8 Å². The van der Waals surface area contributed by atoms with E-state index in [2.05, 4.69) is 24.3 Å². The number of allylic oxidation sites excluding steroid dienone is 5. The Hall–Kier alpha value is -2.55. The SMILES string of the molecule is COc1ccc(CN2C(=O)SC[C@@H]2[C@@]2(OC)CC3C[C@@H](CCCC=CC=CCCC(C)=CC(=O)O3)O2)cc1. The van der Waals surface area contributed by atoms with Gasteiger partial charge in [0, 0.05) is 38.3 Å². The van der Waals surface area contributed by atoms with Gasteiger partial charge in [-0.25, -0.2) is 4.79 Å². The lowest BCUT2D eigenvalue weighted by Gasteiger charge is -2.48. The van der Waals surface area contributed by atoms with Gasteiger partial charge in [0.05, 0.1) is 19.3 Å². The number of fused-ring (bicyclic) bond motifs is 2. The summed E-state index contributed by atoms with van der Waals surface area (Å²) in [6.07, 6.45) is 14.9. The molecule has 0 aliphatic carbocycles. The van der Waals surface area contributed by atoms with E-state index in [1.54, 1.807) is 20.3 Å². The minimum Gasteiger partial charge on any atom is -0.497 e. The van der Waals surface area contributed by atoms with Gasteiger partial charge in [-0.1, -0.05) is 53.8 Å². The summed E-state index contributed by atoms with van der Waals surface area (Å²) in [5, 5.41) is -0.00674. The molecular weight excluding hydrogens is 502 g/mol. The summed E-state index contributed by atoms with van der Waals surface area (Å²) in [5.41, 5.74) is 1.98. The van der Waals surface area contributed by atoms with Gasteiger partial charge in [0.1, 0.15) is 11.9 Å². The molecule has 38 heavy (non-hydrogen) atoms.